The summed E-state index contributed by atoms with van der Waals surface area (Å²) in [6.45, 7) is 0.541. The maximum atomic E-state index is 12.7. The molecule has 4 heteroatoms. The molecule has 19 heavy (non-hydrogen) atoms. The summed E-state index contributed by atoms with van der Waals surface area (Å²) in [4.78, 5) is 12.6. The van der Waals surface area contributed by atoms with Gasteiger partial charge in [-0.2, -0.15) is 0 Å². The molecule has 0 fully saturated rings. The SMILES string of the molecule is O=C(/C=C/c1cccs1)NCCc1ccc(F)cc1. The molecular formula is C15H14FNOS. The van der Waals surface area contributed by atoms with Crippen LogP contribution in [-0.4, -0.2) is 12.5 Å². The summed E-state index contributed by atoms with van der Waals surface area (Å²) in [5, 5.41) is 4.76. The van der Waals surface area contributed by atoms with E-state index in [9.17, 15) is 9.18 Å². The maximum absolute atomic E-state index is 12.7. The van der Waals surface area contributed by atoms with Gasteiger partial charge in [0.1, 0.15) is 5.82 Å². The first kappa shape index (κ1) is 13.5. The van der Waals surface area contributed by atoms with Crippen molar-refractivity contribution in [1.29, 1.82) is 0 Å². The van der Waals surface area contributed by atoms with Crippen molar-refractivity contribution in [3.8, 4) is 0 Å². The summed E-state index contributed by atoms with van der Waals surface area (Å²) < 4.78 is 12.7. The van der Waals surface area contributed by atoms with Crippen LogP contribution in [0.15, 0.2) is 47.9 Å². The monoisotopic (exact) mass is 275 g/mol. The predicted molar refractivity (Wildman–Crippen MR) is 76.5 cm³/mol. The average Bonchev–Trinajstić information content (AvgIpc) is 2.92. The maximum Gasteiger partial charge on any atom is 0.244 e. The summed E-state index contributed by atoms with van der Waals surface area (Å²) in [5.41, 5.74) is 1.00. The van der Waals surface area contributed by atoms with Crippen LogP contribution in [0.4, 0.5) is 4.39 Å². The molecule has 2 rings (SSSR count). The Morgan fingerprint density at radius 2 is 2.05 bits per heavy atom. The fraction of sp³-hybridized carbons (Fsp3) is 0.133. The lowest BCUT2D eigenvalue weighted by molar-refractivity contribution is -0.116. The van der Waals surface area contributed by atoms with E-state index in [2.05, 4.69) is 5.32 Å². The first-order valence-corrected chi connectivity index (χ1v) is 6.86. The molecule has 0 aliphatic heterocycles. The Hall–Kier alpha value is -1.94. The number of halogens is 1. The van der Waals surface area contributed by atoms with Gasteiger partial charge in [-0.25, -0.2) is 4.39 Å². The van der Waals surface area contributed by atoms with E-state index in [-0.39, 0.29) is 11.7 Å². The lowest BCUT2D eigenvalue weighted by Gasteiger charge is -2.02. The number of carbonyl (C=O) groups is 1. The van der Waals surface area contributed by atoms with Gasteiger partial charge in [0, 0.05) is 17.5 Å². The van der Waals surface area contributed by atoms with Crippen molar-refractivity contribution >= 4 is 23.3 Å². The fourth-order valence-corrected chi connectivity index (χ4v) is 2.20. The Morgan fingerprint density at radius 3 is 2.74 bits per heavy atom. The van der Waals surface area contributed by atoms with Gasteiger partial charge in [0.05, 0.1) is 0 Å². The van der Waals surface area contributed by atoms with Crippen LogP contribution in [0.3, 0.4) is 0 Å². The predicted octanol–water partition coefficient (Wildman–Crippen LogP) is 3.26. The van der Waals surface area contributed by atoms with Crippen LogP contribution in [0, 0.1) is 5.82 Å². The van der Waals surface area contributed by atoms with Gasteiger partial charge in [-0.1, -0.05) is 18.2 Å². The number of rotatable bonds is 5. The van der Waals surface area contributed by atoms with Crippen molar-refractivity contribution in [2.24, 2.45) is 0 Å². The van der Waals surface area contributed by atoms with Crippen LogP contribution < -0.4 is 5.32 Å². The molecule has 1 aromatic heterocycles. The van der Waals surface area contributed by atoms with E-state index in [0.29, 0.717) is 13.0 Å². The van der Waals surface area contributed by atoms with Crippen molar-refractivity contribution in [1.82, 2.24) is 5.32 Å². The molecule has 1 amide bonds. The topological polar surface area (TPSA) is 29.1 Å². The van der Waals surface area contributed by atoms with Gasteiger partial charge >= 0.3 is 0 Å². The molecule has 0 aliphatic carbocycles. The van der Waals surface area contributed by atoms with Gasteiger partial charge in [0.15, 0.2) is 0 Å². The van der Waals surface area contributed by atoms with Gasteiger partial charge in [-0.05, 0) is 41.6 Å². The summed E-state index contributed by atoms with van der Waals surface area (Å²) >= 11 is 1.58. The molecule has 0 saturated carbocycles. The molecule has 0 spiro atoms. The van der Waals surface area contributed by atoms with E-state index in [4.69, 9.17) is 0 Å². The Kier molecular flexibility index (Phi) is 4.86. The zero-order chi connectivity index (χ0) is 13.5. The summed E-state index contributed by atoms with van der Waals surface area (Å²) in [5.74, 6) is -0.359. The fourth-order valence-electron chi connectivity index (χ4n) is 1.58. The minimum atomic E-state index is -0.244. The number of nitrogens with one attached hydrogen (secondary N) is 1. The Bertz CT molecular complexity index is 546. The number of benzene rings is 1. The lowest BCUT2D eigenvalue weighted by atomic mass is 10.1. The molecule has 0 saturated heterocycles. The molecule has 1 aromatic carbocycles. The van der Waals surface area contributed by atoms with Gasteiger partial charge < -0.3 is 5.32 Å². The van der Waals surface area contributed by atoms with E-state index in [1.165, 1.54) is 18.2 Å². The van der Waals surface area contributed by atoms with Crippen molar-refractivity contribution < 1.29 is 9.18 Å². The van der Waals surface area contributed by atoms with Crippen molar-refractivity contribution in [2.45, 2.75) is 6.42 Å². The van der Waals surface area contributed by atoms with Crippen molar-refractivity contribution in [3.63, 3.8) is 0 Å². The molecule has 1 N–H and O–H groups in total. The Labute approximate surface area is 115 Å². The zero-order valence-corrected chi connectivity index (χ0v) is 11.1. The minimum Gasteiger partial charge on any atom is -0.352 e. The van der Waals surface area contributed by atoms with Crippen LogP contribution in [0.25, 0.3) is 6.08 Å². The molecule has 2 aromatic rings. The zero-order valence-electron chi connectivity index (χ0n) is 10.3. The highest BCUT2D eigenvalue weighted by atomic mass is 32.1. The largest absolute Gasteiger partial charge is 0.352 e. The molecule has 0 unspecified atom stereocenters. The molecule has 0 bridgehead atoms. The number of amides is 1. The van der Waals surface area contributed by atoms with Crippen molar-refractivity contribution in [3.05, 3.63) is 64.1 Å². The molecular weight excluding hydrogens is 261 g/mol. The molecule has 98 valence electrons. The van der Waals surface area contributed by atoms with Crippen LogP contribution in [-0.2, 0) is 11.2 Å². The van der Waals surface area contributed by atoms with Gasteiger partial charge in [0.25, 0.3) is 0 Å². The lowest BCUT2D eigenvalue weighted by Crippen LogP contribution is -2.23. The standard InChI is InChI=1S/C15H14FNOS/c16-13-5-3-12(4-6-13)9-10-17-15(18)8-7-14-2-1-11-19-14/h1-8,11H,9-10H2,(H,17,18)/b8-7+. The Balaban J connectivity index is 1.73. The number of hydrogen-bond donors (Lipinski definition) is 1. The van der Waals surface area contributed by atoms with Crippen molar-refractivity contribution in [2.75, 3.05) is 6.54 Å². The third-order valence-corrected chi connectivity index (χ3v) is 3.41. The highest BCUT2D eigenvalue weighted by molar-refractivity contribution is 7.10. The van der Waals surface area contributed by atoms with Gasteiger partial charge in [-0.3, -0.25) is 4.79 Å². The third kappa shape index (κ3) is 4.67. The molecule has 0 atom stereocenters. The van der Waals surface area contributed by atoms with Crippen LogP contribution in [0.5, 0.6) is 0 Å². The second kappa shape index (κ2) is 6.85. The number of carbonyl (C=O) groups excluding carboxylic acids is 1. The summed E-state index contributed by atoms with van der Waals surface area (Å²) in [6, 6.07) is 10.2. The summed E-state index contributed by atoms with van der Waals surface area (Å²) in [7, 11) is 0. The average molecular weight is 275 g/mol. The van der Waals surface area contributed by atoms with E-state index >= 15 is 0 Å². The molecule has 0 aliphatic rings. The smallest absolute Gasteiger partial charge is 0.244 e. The van der Waals surface area contributed by atoms with E-state index in [0.717, 1.165) is 10.4 Å². The van der Waals surface area contributed by atoms with Gasteiger partial charge in [0.2, 0.25) is 5.91 Å². The second-order valence-electron chi connectivity index (χ2n) is 4.02. The highest BCUT2D eigenvalue weighted by Crippen LogP contribution is 2.09. The molecule has 2 nitrogen and oxygen atoms in total. The summed E-state index contributed by atoms with van der Waals surface area (Å²) in [6.07, 6.45) is 4.01. The molecule has 0 radical (unpaired) electrons. The first-order chi connectivity index (χ1) is 9.24. The van der Waals surface area contributed by atoms with E-state index in [1.807, 2.05) is 17.5 Å². The second-order valence-corrected chi connectivity index (χ2v) is 5.00. The normalized spacial score (nSPS) is 10.8. The highest BCUT2D eigenvalue weighted by Gasteiger charge is 1.97. The van der Waals surface area contributed by atoms with E-state index < -0.39 is 0 Å². The van der Waals surface area contributed by atoms with Gasteiger partial charge in [-0.15, -0.1) is 11.3 Å². The number of thiophene rings is 1. The van der Waals surface area contributed by atoms with E-state index in [1.54, 1.807) is 29.5 Å². The third-order valence-electron chi connectivity index (χ3n) is 2.57. The first-order valence-electron chi connectivity index (χ1n) is 5.98. The number of hydrogen-bond acceptors (Lipinski definition) is 2. The molecule has 1 heterocycles. The Morgan fingerprint density at radius 1 is 1.26 bits per heavy atom. The van der Waals surface area contributed by atoms with Crippen LogP contribution in [0.2, 0.25) is 0 Å². The van der Waals surface area contributed by atoms with Crippen LogP contribution >= 0.6 is 11.3 Å². The quantitative estimate of drug-likeness (QED) is 0.834. The minimum absolute atomic E-state index is 0.115. The van der Waals surface area contributed by atoms with Crippen LogP contribution in [0.1, 0.15) is 10.4 Å².